The maximum atomic E-state index is 12.1. The Morgan fingerprint density at radius 2 is 1.74 bits per heavy atom. The SMILES string of the molecule is CC(CS(=O)c1ccccc1)C(=O)OCCOC(=O)C(C)(C)Br. The Kier molecular flexibility index (Phi) is 7.91. The Balaban J connectivity index is 2.32. The van der Waals surface area contributed by atoms with Gasteiger partial charge in [0.2, 0.25) is 0 Å². The molecule has 0 heterocycles. The highest BCUT2D eigenvalue weighted by atomic mass is 79.9. The van der Waals surface area contributed by atoms with Crippen molar-refractivity contribution >= 4 is 38.7 Å². The number of esters is 2. The first-order valence-corrected chi connectivity index (χ1v) is 9.29. The topological polar surface area (TPSA) is 69.7 Å². The lowest BCUT2D eigenvalue weighted by Gasteiger charge is -2.15. The summed E-state index contributed by atoms with van der Waals surface area (Å²) in [4.78, 5) is 24.0. The summed E-state index contributed by atoms with van der Waals surface area (Å²) >= 11 is 3.18. The summed E-state index contributed by atoms with van der Waals surface area (Å²) < 4.78 is 21.4. The fourth-order valence-corrected chi connectivity index (χ4v) is 2.91. The number of carbonyl (C=O) groups excluding carboxylic acids is 2. The lowest BCUT2D eigenvalue weighted by Crippen LogP contribution is -2.28. The van der Waals surface area contributed by atoms with E-state index in [0.717, 1.165) is 0 Å². The first-order chi connectivity index (χ1) is 10.7. The molecule has 0 radical (unpaired) electrons. The Morgan fingerprint density at radius 1 is 1.17 bits per heavy atom. The van der Waals surface area contributed by atoms with Gasteiger partial charge in [0.05, 0.1) is 16.7 Å². The van der Waals surface area contributed by atoms with Crippen molar-refractivity contribution < 1.29 is 23.3 Å². The molecule has 0 aromatic heterocycles. The summed E-state index contributed by atoms with van der Waals surface area (Å²) in [6.07, 6.45) is 0. The molecule has 2 unspecified atom stereocenters. The summed E-state index contributed by atoms with van der Waals surface area (Å²) in [6.45, 7) is 4.98. The van der Waals surface area contributed by atoms with Gasteiger partial charge in [0.1, 0.15) is 17.5 Å². The largest absolute Gasteiger partial charge is 0.462 e. The van der Waals surface area contributed by atoms with Gasteiger partial charge in [0, 0.05) is 10.6 Å². The maximum absolute atomic E-state index is 12.1. The third kappa shape index (κ3) is 7.26. The van der Waals surface area contributed by atoms with Gasteiger partial charge in [0.25, 0.3) is 0 Å². The van der Waals surface area contributed by atoms with Crippen molar-refractivity contribution in [3.05, 3.63) is 30.3 Å². The zero-order valence-electron chi connectivity index (χ0n) is 13.4. The predicted molar refractivity (Wildman–Crippen MR) is 91.8 cm³/mol. The lowest BCUT2D eigenvalue weighted by atomic mass is 10.2. The Bertz CT molecular complexity index is 553. The van der Waals surface area contributed by atoms with E-state index >= 15 is 0 Å². The predicted octanol–water partition coefficient (Wildman–Crippen LogP) is 2.69. The van der Waals surface area contributed by atoms with E-state index in [2.05, 4.69) is 15.9 Å². The van der Waals surface area contributed by atoms with Crippen LogP contribution in [0.5, 0.6) is 0 Å². The molecule has 2 atom stereocenters. The monoisotopic (exact) mass is 404 g/mol. The molecule has 1 aromatic rings. The quantitative estimate of drug-likeness (QED) is 0.378. The van der Waals surface area contributed by atoms with Gasteiger partial charge in [-0.2, -0.15) is 0 Å². The van der Waals surface area contributed by atoms with Crippen molar-refractivity contribution in [2.24, 2.45) is 5.92 Å². The van der Waals surface area contributed by atoms with Crippen molar-refractivity contribution in [1.82, 2.24) is 0 Å². The van der Waals surface area contributed by atoms with Gasteiger partial charge in [-0.3, -0.25) is 13.8 Å². The first-order valence-electron chi connectivity index (χ1n) is 7.18. The highest BCUT2D eigenvalue weighted by Crippen LogP contribution is 2.17. The van der Waals surface area contributed by atoms with Crippen LogP contribution in [0.25, 0.3) is 0 Å². The molecule has 0 saturated carbocycles. The smallest absolute Gasteiger partial charge is 0.322 e. The van der Waals surface area contributed by atoms with E-state index in [1.54, 1.807) is 45.0 Å². The van der Waals surface area contributed by atoms with E-state index in [4.69, 9.17) is 9.47 Å². The van der Waals surface area contributed by atoms with Crippen LogP contribution in [-0.2, 0) is 29.9 Å². The van der Waals surface area contributed by atoms with Crippen LogP contribution in [0.15, 0.2) is 35.2 Å². The van der Waals surface area contributed by atoms with E-state index in [9.17, 15) is 13.8 Å². The van der Waals surface area contributed by atoms with E-state index < -0.39 is 33.0 Å². The van der Waals surface area contributed by atoms with Gasteiger partial charge in [0.15, 0.2) is 0 Å². The van der Waals surface area contributed by atoms with Crippen LogP contribution in [0, 0.1) is 5.92 Å². The third-order valence-corrected chi connectivity index (χ3v) is 4.78. The van der Waals surface area contributed by atoms with E-state index in [1.807, 2.05) is 6.07 Å². The second-order valence-corrected chi connectivity index (χ2v) is 8.98. The van der Waals surface area contributed by atoms with E-state index in [-0.39, 0.29) is 19.0 Å². The van der Waals surface area contributed by atoms with Gasteiger partial charge < -0.3 is 9.47 Å². The number of alkyl halides is 1. The molecule has 0 saturated heterocycles. The van der Waals surface area contributed by atoms with Gasteiger partial charge >= 0.3 is 11.9 Å². The molecule has 1 aromatic carbocycles. The van der Waals surface area contributed by atoms with Gasteiger partial charge in [-0.1, -0.05) is 41.1 Å². The van der Waals surface area contributed by atoms with Gasteiger partial charge in [-0.25, -0.2) is 0 Å². The molecule has 1 rings (SSSR count). The fraction of sp³-hybridized carbons (Fsp3) is 0.500. The molecular formula is C16H21BrO5S. The molecular weight excluding hydrogens is 384 g/mol. The van der Waals surface area contributed by atoms with Crippen LogP contribution in [0.3, 0.4) is 0 Å². The summed E-state index contributed by atoms with van der Waals surface area (Å²) in [7, 11) is -1.25. The highest BCUT2D eigenvalue weighted by molar-refractivity contribution is 9.10. The van der Waals surface area contributed by atoms with Crippen molar-refractivity contribution in [3.8, 4) is 0 Å². The molecule has 0 spiro atoms. The number of hydrogen-bond donors (Lipinski definition) is 0. The van der Waals surface area contributed by atoms with Crippen LogP contribution in [0.2, 0.25) is 0 Å². The Labute approximate surface area is 147 Å². The Morgan fingerprint density at radius 3 is 2.30 bits per heavy atom. The summed E-state index contributed by atoms with van der Waals surface area (Å²) in [6, 6.07) is 8.96. The van der Waals surface area contributed by atoms with Crippen molar-refractivity contribution in [1.29, 1.82) is 0 Å². The van der Waals surface area contributed by atoms with Crippen LogP contribution in [0.4, 0.5) is 0 Å². The van der Waals surface area contributed by atoms with Crippen molar-refractivity contribution in [3.63, 3.8) is 0 Å². The minimum atomic E-state index is -1.25. The molecule has 5 nitrogen and oxygen atoms in total. The number of rotatable bonds is 8. The summed E-state index contributed by atoms with van der Waals surface area (Å²) in [5.41, 5.74) is 0. The number of hydrogen-bond acceptors (Lipinski definition) is 5. The van der Waals surface area contributed by atoms with Crippen LogP contribution in [0.1, 0.15) is 20.8 Å². The maximum Gasteiger partial charge on any atom is 0.322 e. The fourth-order valence-electron chi connectivity index (χ4n) is 1.55. The lowest BCUT2D eigenvalue weighted by molar-refractivity contribution is -0.155. The summed E-state index contributed by atoms with van der Waals surface area (Å²) in [5.74, 6) is -1.19. The van der Waals surface area contributed by atoms with Crippen molar-refractivity contribution in [2.75, 3.05) is 19.0 Å². The molecule has 128 valence electrons. The number of ether oxygens (including phenoxy) is 2. The van der Waals surface area contributed by atoms with Gasteiger partial charge in [-0.05, 0) is 26.0 Å². The zero-order chi connectivity index (χ0) is 17.5. The number of halogens is 1. The molecule has 0 fully saturated rings. The minimum absolute atomic E-state index is 0.00586. The molecule has 0 aliphatic heterocycles. The Hall–Kier alpha value is -1.21. The minimum Gasteiger partial charge on any atom is -0.462 e. The molecule has 23 heavy (non-hydrogen) atoms. The highest BCUT2D eigenvalue weighted by Gasteiger charge is 2.25. The average molecular weight is 405 g/mol. The van der Waals surface area contributed by atoms with Crippen LogP contribution >= 0.6 is 15.9 Å². The average Bonchev–Trinajstić information content (AvgIpc) is 2.50. The molecule has 0 bridgehead atoms. The number of benzene rings is 1. The second kappa shape index (κ2) is 9.17. The molecule has 7 heteroatoms. The zero-order valence-corrected chi connectivity index (χ0v) is 15.8. The molecule has 0 amide bonds. The van der Waals surface area contributed by atoms with E-state index in [1.165, 1.54) is 0 Å². The second-order valence-electron chi connectivity index (χ2n) is 5.50. The van der Waals surface area contributed by atoms with Crippen molar-refractivity contribution in [2.45, 2.75) is 30.0 Å². The van der Waals surface area contributed by atoms with E-state index in [0.29, 0.717) is 4.90 Å². The molecule has 0 aliphatic rings. The molecule has 0 N–H and O–H groups in total. The van der Waals surface area contributed by atoms with Crippen LogP contribution in [-0.4, -0.2) is 39.4 Å². The standard InChI is InChI=1S/C16H21BrO5S/c1-12(11-23(20)13-7-5-4-6-8-13)14(18)21-9-10-22-15(19)16(2,3)17/h4-8,12H,9-11H2,1-3H3. The third-order valence-electron chi connectivity index (χ3n) is 2.86. The van der Waals surface area contributed by atoms with Crippen LogP contribution < -0.4 is 0 Å². The normalized spacial score (nSPS) is 13.9. The first kappa shape index (κ1) is 19.8. The van der Waals surface area contributed by atoms with Gasteiger partial charge in [-0.15, -0.1) is 0 Å². The summed E-state index contributed by atoms with van der Waals surface area (Å²) in [5, 5.41) is 0. The number of carbonyl (C=O) groups is 2. The molecule has 0 aliphatic carbocycles.